The molecule has 0 N–H and O–H groups in total. The van der Waals surface area contributed by atoms with E-state index in [-0.39, 0.29) is 0 Å². The minimum absolute atomic E-state index is 0.491. The second-order valence-electron chi connectivity index (χ2n) is 3.95. The van der Waals surface area contributed by atoms with Gasteiger partial charge in [-0.25, -0.2) is 0 Å². The van der Waals surface area contributed by atoms with Gasteiger partial charge in [-0.2, -0.15) is 12.6 Å². The van der Waals surface area contributed by atoms with Crippen LogP contribution >= 0.6 is 12.6 Å². The maximum Gasteiger partial charge on any atom is 0.0702 e. The topological polar surface area (TPSA) is 12.5 Å². The Morgan fingerprint density at radius 1 is 1.43 bits per heavy atom. The number of unbranched alkanes of at least 4 members (excludes halogenated alkanes) is 1. The molecule has 0 amide bonds. The molecule has 1 unspecified atom stereocenters. The first-order valence-corrected chi connectivity index (χ1v) is 6.45. The van der Waals surface area contributed by atoms with Crippen molar-refractivity contribution in [1.29, 1.82) is 0 Å². The lowest BCUT2D eigenvalue weighted by Gasteiger charge is -2.32. The zero-order valence-electron chi connectivity index (χ0n) is 9.24. The Morgan fingerprint density at radius 3 is 3.00 bits per heavy atom. The van der Waals surface area contributed by atoms with Gasteiger partial charge in [0.25, 0.3) is 0 Å². The molecule has 1 heterocycles. The van der Waals surface area contributed by atoms with E-state index in [0.29, 0.717) is 6.10 Å². The summed E-state index contributed by atoms with van der Waals surface area (Å²) in [6.07, 6.45) is 5.55. The zero-order valence-corrected chi connectivity index (χ0v) is 10.1. The van der Waals surface area contributed by atoms with E-state index in [0.717, 1.165) is 18.9 Å². The van der Waals surface area contributed by atoms with Gasteiger partial charge in [-0.3, -0.25) is 0 Å². The van der Waals surface area contributed by atoms with Crippen LogP contribution in [0.15, 0.2) is 0 Å². The lowest BCUT2D eigenvalue weighted by atomic mass is 10.1. The van der Waals surface area contributed by atoms with Gasteiger partial charge in [0.2, 0.25) is 0 Å². The highest BCUT2D eigenvalue weighted by atomic mass is 32.1. The maximum absolute atomic E-state index is 5.66. The molecule has 84 valence electrons. The molecule has 0 bridgehead atoms. The predicted octanol–water partition coefficient (Wildman–Crippen LogP) is 2.20. The minimum atomic E-state index is 0.491. The van der Waals surface area contributed by atoms with E-state index in [4.69, 9.17) is 4.74 Å². The Labute approximate surface area is 93.4 Å². The van der Waals surface area contributed by atoms with E-state index in [1.165, 1.54) is 38.8 Å². The normalized spacial score (nSPS) is 24.0. The number of hydrogen-bond acceptors (Lipinski definition) is 3. The van der Waals surface area contributed by atoms with Crippen LogP contribution in [0.25, 0.3) is 0 Å². The second-order valence-corrected chi connectivity index (χ2v) is 4.40. The van der Waals surface area contributed by atoms with Gasteiger partial charge in [0.05, 0.1) is 6.10 Å². The van der Waals surface area contributed by atoms with Crippen LogP contribution in [0.2, 0.25) is 0 Å². The fourth-order valence-corrected chi connectivity index (χ4v) is 2.26. The van der Waals surface area contributed by atoms with Gasteiger partial charge >= 0.3 is 0 Å². The maximum atomic E-state index is 5.66. The molecule has 0 aliphatic carbocycles. The van der Waals surface area contributed by atoms with Crippen LogP contribution < -0.4 is 0 Å². The van der Waals surface area contributed by atoms with Crippen molar-refractivity contribution in [3.05, 3.63) is 0 Å². The molecular formula is C11H23NOS. The summed E-state index contributed by atoms with van der Waals surface area (Å²) < 4.78 is 5.66. The largest absolute Gasteiger partial charge is 0.377 e. The molecule has 1 saturated heterocycles. The molecular weight excluding hydrogens is 194 g/mol. The summed E-state index contributed by atoms with van der Waals surface area (Å²) >= 11 is 4.23. The summed E-state index contributed by atoms with van der Waals surface area (Å²) in [5.74, 6) is 1.02. The van der Waals surface area contributed by atoms with Gasteiger partial charge in [-0.1, -0.05) is 0 Å². The van der Waals surface area contributed by atoms with Gasteiger partial charge in [-0.05, 0) is 51.4 Å². The van der Waals surface area contributed by atoms with E-state index < -0.39 is 0 Å². The lowest BCUT2D eigenvalue weighted by Crippen LogP contribution is -2.40. The Morgan fingerprint density at radius 2 is 2.29 bits per heavy atom. The Bertz CT molecular complexity index is 141. The van der Waals surface area contributed by atoms with Crippen molar-refractivity contribution in [1.82, 2.24) is 4.90 Å². The third-order valence-corrected chi connectivity index (χ3v) is 3.06. The number of hydrogen-bond donors (Lipinski definition) is 1. The molecule has 0 spiro atoms. The van der Waals surface area contributed by atoms with Crippen molar-refractivity contribution in [3.8, 4) is 0 Å². The smallest absolute Gasteiger partial charge is 0.0702 e. The zero-order chi connectivity index (χ0) is 10.2. The van der Waals surface area contributed by atoms with E-state index in [2.05, 4.69) is 24.5 Å². The summed E-state index contributed by atoms with van der Waals surface area (Å²) in [7, 11) is 0. The molecule has 3 heteroatoms. The fraction of sp³-hybridized carbons (Fsp3) is 1.00. The Kier molecular flexibility index (Phi) is 6.65. The first-order chi connectivity index (χ1) is 6.86. The van der Waals surface area contributed by atoms with Gasteiger partial charge < -0.3 is 9.64 Å². The van der Waals surface area contributed by atoms with E-state index in [1.54, 1.807) is 0 Å². The molecule has 0 aromatic rings. The summed E-state index contributed by atoms with van der Waals surface area (Å²) in [4.78, 5) is 2.53. The molecule has 0 aromatic carbocycles. The van der Waals surface area contributed by atoms with Crippen LogP contribution in [0, 0.1) is 0 Å². The highest BCUT2D eigenvalue weighted by molar-refractivity contribution is 7.80. The van der Waals surface area contributed by atoms with E-state index in [9.17, 15) is 0 Å². The number of rotatable bonds is 6. The standard InChI is InChI=1S/C11H23NOS/c1-2-13-11-6-5-8-12(10-11)7-3-4-9-14/h11,14H,2-10H2,1H3. The number of piperidine rings is 1. The molecule has 2 nitrogen and oxygen atoms in total. The van der Waals surface area contributed by atoms with Crippen LogP contribution in [0.1, 0.15) is 32.6 Å². The first-order valence-electron chi connectivity index (χ1n) is 5.81. The molecule has 1 aliphatic heterocycles. The number of thiol groups is 1. The average molecular weight is 217 g/mol. The van der Waals surface area contributed by atoms with Gasteiger partial charge in [-0.15, -0.1) is 0 Å². The monoisotopic (exact) mass is 217 g/mol. The van der Waals surface area contributed by atoms with E-state index >= 15 is 0 Å². The van der Waals surface area contributed by atoms with Crippen LogP contribution in [-0.4, -0.2) is 43.0 Å². The molecule has 0 aromatic heterocycles. The van der Waals surface area contributed by atoms with Gasteiger partial charge in [0.1, 0.15) is 0 Å². The summed E-state index contributed by atoms with van der Waals surface area (Å²) in [6, 6.07) is 0. The van der Waals surface area contributed by atoms with Crippen molar-refractivity contribution in [2.75, 3.05) is 32.0 Å². The molecule has 14 heavy (non-hydrogen) atoms. The van der Waals surface area contributed by atoms with Crippen molar-refractivity contribution in [3.63, 3.8) is 0 Å². The van der Waals surface area contributed by atoms with Crippen molar-refractivity contribution >= 4 is 12.6 Å². The number of likely N-dealkylation sites (tertiary alicyclic amines) is 1. The van der Waals surface area contributed by atoms with Crippen molar-refractivity contribution < 1.29 is 4.74 Å². The van der Waals surface area contributed by atoms with Crippen LogP contribution in [0.4, 0.5) is 0 Å². The molecule has 1 atom stereocenters. The van der Waals surface area contributed by atoms with Crippen molar-refractivity contribution in [2.45, 2.75) is 38.7 Å². The van der Waals surface area contributed by atoms with Crippen LogP contribution in [0.3, 0.4) is 0 Å². The SMILES string of the molecule is CCOC1CCCN(CCCCS)C1. The summed E-state index contributed by atoms with van der Waals surface area (Å²) in [6.45, 7) is 6.57. The second kappa shape index (κ2) is 7.55. The predicted molar refractivity (Wildman–Crippen MR) is 64.2 cm³/mol. The highest BCUT2D eigenvalue weighted by Crippen LogP contribution is 2.13. The molecule has 1 fully saturated rings. The van der Waals surface area contributed by atoms with Crippen LogP contribution in [-0.2, 0) is 4.74 Å². The third-order valence-electron chi connectivity index (χ3n) is 2.75. The molecule has 1 aliphatic rings. The molecule has 0 radical (unpaired) electrons. The van der Waals surface area contributed by atoms with Crippen LogP contribution in [0.5, 0.6) is 0 Å². The number of ether oxygens (including phenoxy) is 1. The number of nitrogens with zero attached hydrogens (tertiary/aromatic N) is 1. The van der Waals surface area contributed by atoms with Gasteiger partial charge in [0, 0.05) is 13.2 Å². The first kappa shape index (κ1) is 12.3. The van der Waals surface area contributed by atoms with Gasteiger partial charge in [0.15, 0.2) is 0 Å². The Balaban J connectivity index is 2.12. The quantitative estimate of drug-likeness (QED) is 0.541. The third kappa shape index (κ3) is 4.67. The Hall–Kier alpha value is 0.270. The highest BCUT2D eigenvalue weighted by Gasteiger charge is 2.18. The van der Waals surface area contributed by atoms with E-state index in [1.807, 2.05) is 0 Å². The van der Waals surface area contributed by atoms with Crippen molar-refractivity contribution in [2.24, 2.45) is 0 Å². The summed E-state index contributed by atoms with van der Waals surface area (Å²) in [5, 5.41) is 0. The average Bonchev–Trinajstić information content (AvgIpc) is 2.19. The summed E-state index contributed by atoms with van der Waals surface area (Å²) in [5.41, 5.74) is 0. The molecule has 0 saturated carbocycles. The fourth-order valence-electron chi connectivity index (χ4n) is 2.04. The lowest BCUT2D eigenvalue weighted by molar-refractivity contribution is 0.00572. The minimum Gasteiger partial charge on any atom is -0.377 e. The molecule has 1 rings (SSSR count).